The molecule has 0 N–H and O–H groups in total. The molecule has 0 amide bonds. The van der Waals surface area contributed by atoms with E-state index in [1.165, 1.54) is 6.07 Å². The van der Waals surface area contributed by atoms with Gasteiger partial charge in [0.2, 0.25) is 0 Å². The first-order chi connectivity index (χ1) is 7.37. The molecule has 0 aliphatic heterocycles. The van der Waals surface area contributed by atoms with E-state index in [4.69, 9.17) is 11.6 Å². The zero-order valence-corrected chi connectivity index (χ0v) is 9.10. The van der Waals surface area contributed by atoms with E-state index >= 15 is 0 Å². The molecule has 0 unspecified atom stereocenters. The van der Waals surface area contributed by atoms with Gasteiger partial charge in [-0.1, -0.05) is 11.6 Å². The van der Waals surface area contributed by atoms with Crippen LogP contribution in [0.2, 0.25) is 5.02 Å². The van der Waals surface area contributed by atoms with Crippen LogP contribution in [0.25, 0.3) is 10.9 Å². The number of halogens is 4. The Morgan fingerprint density at radius 3 is 2.69 bits per heavy atom. The van der Waals surface area contributed by atoms with Crippen LogP contribution in [0.4, 0.5) is 13.2 Å². The van der Waals surface area contributed by atoms with Gasteiger partial charge in [0.25, 0.3) is 0 Å². The van der Waals surface area contributed by atoms with E-state index < -0.39 is 12.7 Å². The van der Waals surface area contributed by atoms with Crippen LogP contribution in [0.5, 0.6) is 0 Å². The van der Waals surface area contributed by atoms with Crippen molar-refractivity contribution in [3.8, 4) is 0 Å². The number of rotatable bonds is 1. The third kappa shape index (κ3) is 2.14. The molecule has 0 spiro atoms. The van der Waals surface area contributed by atoms with Crippen LogP contribution >= 0.6 is 11.6 Å². The van der Waals surface area contributed by atoms with Crippen molar-refractivity contribution in [2.45, 2.75) is 19.6 Å². The zero-order chi connectivity index (χ0) is 11.9. The van der Waals surface area contributed by atoms with Crippen molar-refractivity contribution in [1.82, 2.24) is 9.78 Å². The molecular weight excluding hydrogens is 241 g/mol. The summed E-state index contributed by atoms with van der Waals surface area (Å²) in [5.41, 5.74) is 0.971. The number of hydrogen-bond acceptors (Lipinski definition) is 1. The Labute approximate surface area is 94.6 Å². The molecule has 0 aliphatic rings. The van der Waals surface area contributed by atoms with Crippen molar-refractivity contribution in [3.63, 3.8) is 0 Å². The lowest BCUT2D eigenvalue weighted by molar-refractivity contribution is -0.141. The van der Waals surface area contributed by atoms with Crippen molar-refractivity contribution in [3.05, 3.63) is 28.9 Å². The first kappa shape index (κ1) is 11.3. The maximum atomic E-state index is 12.3. The van der Waals surface area contributed by atoms with Crippen LogP contribution in [0, 0.1) is 6.92 Å². The lowest BCUT2D eigenvalue weighted by atomic mass is 10.2. The molecule has 0 aliphatic carbocycles. The zero-order valence-electron chi connectivity index (χ0n) is 8.35. The minimum absolute atomic E-state index is 0.399. The third-order valence-corrected chi connectivity index (χ3v) is 2.46. The second-order valence-corrected chi connectivity index (χ2v) is 3.96. The molecule has 0 fully saturated rings. The second-order valence-electron chi connectivity index (χ2n) is 3.52. The van der Waals surface area contributed by atoms with Crippen LogP contribution < -0.4 is 0 Å². The van der Waals surface area contributed by atoms with Crippen molar-refractivity contribution in [1.29, 1.82) is 0 Å². The van der Waals surface area contributed by atoms with Crippen LogP contribution in [0.1, 0.15) is 5.69 Å². The van der Waals surface area contributed by atoms with Gasteiger partial charge in [0, 0.05) is 10.4 Å². The summed E-state index contributed by atoms with van der Waals surface area (Å²) in [7, 11) is 0. The SMILES string of the molecule is Cc1nn(CC(F)(F)F)c2cc(Cl)ccc12. The normalized spacial score (nSPS) is 12.3. The van der Waals surface area contributed by atoms with Gasteiger partial charge in [0.1, 0.15) is 6.54 Å². The number of fused-ring (bicyclic) bond motifs is 1. The van der Waals surface area contributed by atoms with Gasteiger partial charge in [-0.3, -0.25) is 4.68 Å². The maximum absolute atomic E-state index is 12.3. The molecule has 0 saturated carbocycles. The molecule has 2 aromatic rings. The molecule has 6 heteroatoms. The fourth-order valence-electron chi connectivity index (χ4n) is 1.60. The van der Waals surface area contributed by atoms with E-state index in [9.17, 15) is 13.2 Å². The van der Waals surface area contributed by atoms with Crippen molar-refractivity contribution < 1.29 is 13.2 Å². The number of hydrogen-bond donors (Lipinski definition) is 0. The van der Waals surface area contributed by atoms with Gasteiger partial charge in [-0.05, 0) is 25.1 Å². The summed E-state index contributed by atoms with van der Waals surface area (Å²) in [6.45, 7) is 0.570. The molecule has 0 saturated heterocycles. The lowest BCUT2D eigenvalue weighted by Crippen LogP contribution is -2.18. The summed E-state index contributed by atoms with van der Waals surface area (Å²) in [4.78, 5) is 0. The predicted molar refractivity (Wildman–Crippen MR) is 55.5 cm³/mol. The van der Waals surface area contributed by atoms with Gasteiger partial charge in [-0.25, -0.2) is 0 Å². The summed E-state index contributed by atoms with van der Waals surface area (Å²) in [6, 6.07) is 4.80. The number of alkyl halides is 3. The lowest BCUT2D eigenvalue weighted by Gasteiger charge is -2.07. The largest absolute Gasteiger partial charge is 0.408 e. The fourth-order valence-corrected chi connectivity index (χ4v) is 1.77. The summed E-state index contributed by atoms with van der Waals surface area (Å²) in [5, 5.41) is 4.94. The average molecular weight is 249 g/mol. The molecule has 86 valence electrons. The Morgan fingerprint density at radius 1 is 1.38 bits per heavy atom. The number of aromatic nitrogens is 2. The molecule has 0 atom stereocenters. The van der Waals surface area contributed by atoms with E-state index in [0.29, 0.717) is 21.6 Å². The molecule has 1 aromatic heterocycles. The standard InChI is InChI=1S/C10H8ClF3N2/c1-6-8-3-2-7(11)4-9(8)16(15-6)5-10(12,13)14/h2-4H,5H2,1H3. The van der Waals surface area contributed by atoms with Gasteiger partial charge < -0.3 is 0 Å². The highest BCUT2D eigenvalue weighted by atomic mass is 35.5. The van der Waals surface area contributed by atoms with Crippen LogP contribution in [-0.4, -0.2) is 16.0 Å². The maximum Gasteiger partial charge on any atom is 0.408 e. The molecular formula is C10H8ClF3N2. The van der Waals surface area contributed by atoms with Crippen molar-refractivity contribution in [2.24, 2.45) is 0 Å². The van der Waals surface area contributed by atoms with E-state index in [1.807, 2.05) is 0 Å². The Hall–Kier alpha value is -1.23. The first-order valence-corrected chi connectivity index (χ1v) is 4.94. The smallest absolute Gasteiger partial charge is 0.255 e. The molecule has 2 nitrogen and oxygen atoms in total. The summed E-state index contributed by atoms with van der Waals surface area (Å²) in [5.74, 6) is 0. The quantitative estimate of drug-likeness (QED) is 0.755. The topological polar surface area (TPSA) is 17.8 Å². The number of benzene rings is 1. The molecule has 0 bridgehead atoms. The fraction of sp³-hybridized carbons (Fsp3) is 0.300. The van der Waals surface area contributed by atoms with Crippen molar-refractivity contribution in [2.75, 3.05) is 0 Å². The highest BCUT2D eigenvalue weighted by Gasteiger charge is 2.29. The first-order valence-electron chi connectivity index (χ1n) is 4.56. The summed E-state index contributed by atoms with van der Waals surface area (Å²) in [6.07, 6.45) is -4.28. The van der Waals surface area contributed by atoms with E-state index in [1.54, 1.807) is 19.1 Å². The Bertz CT molecular complexity index is 531. The monoisotopic (exact) mass is 248 g/mol. The number of nitrogens with zero attached hydrogens (tertiary/aromatic N) is 2. The van der Waals surface area contributed by atoms with Gasteiger partial charge in [0.05, 0.1) is 11.2 Å². The molecule has 0 radical (unpaired) electrons. The third-order valence-electron chi connectivity index (χ3n) is 2.23. The van der Waals surface area contributed by atoms with Gasteiger partial charge in [-0.2, -0.15) is 18.3 Å². The number of aryl methyl sites for hydroxylation is 1. The van der Waals surface area contributed by atoms with E-state index in [2.05, 4.69) is 5.10 Å². The van der Waals surface area contributed by atoms with Gasteiger partial charge in [0.15, 0.2) is 0 Å². The molecule has 1 aromatic carbocycles. The van der Waals surface area contributed by atoms with Crippen LogP contribution in [0.15, 0.2) is 18.2 Å². The highest BCUT2D eigenvalue weighted by Crippen LogP contribution is 2.25. The Morgan fingerprint density at radius 2 is 2.06 bits per heavy atom. The van der Waals surface area contributed by atoms with E-state index in [0.717, 1.165) is 4.68 Å². The molecule has 16 heavy (non-hydrogen) atoms. The second kappa shape index (κ2) is 3.66. The van der Waals surface area contributed by atoms with Crippen LogP contribution in [0.3, 0.4) is 0 Å². The molecule has 1 heterocycles. The van der Waals surface area contributed by atoms with Gasteiger partial charge in [-0.15, -0.1) is 0 Å². The minimum atomic E-state index is -4.28. The average Bonchev–Trinajstić information content (AvgIpc) is 2.40. The van der Waals surface area contributed by atoms with Gasteiger partial charge >= 0.3 is 6.18 Å². The summed E-state index contributed by atoms with van der Waals surface area (Å²) < 4.78 is 37.8. The predicted octanol–water partition coefficient (Wildman–Crippen LogP) is 3.56. The Kier molecular flexibility index (Phi) is 2.58. The Balaban J connectivity index is 2.57. The summed E-state index contributed by atoms with van der Waals surface area (Å²) >= 11 is 5.75. The van der Waals surface area contributed by atoms with Crippen molar-refractivity contribution >= 4 is 22.5 Å². The molecule has 2 rings (SSSR count). The highest BCUT2D eigenvalue weighted by molar-refractivity contribution is 6.31. The van der Waals surface area contributed by atoms with E-state index in [-0.39, 0.29) is 0 Å². The minimum Gasteiger partial charge on any atom is -0.255 e. The van der Waals surface area contributed by atoms with Crippen LogP contribution in [-0.2, 0) is 6.54 Å².